The Morgan fingerprint density at radius 3 is 2.93 bits per heavy atom. The fraction of sp³-hybridized carbons (Fsp3) is 0.500. The molecule has 0 aliphatic carbocycles. The van der Waals surface area contributed by atoms with Gasteiger partial charge in [-0.3, -0.25) is 15.6 Å². The summed E-state index contributed by atoms with van der Waals surface area (Å²) >= 11 is 0. The standard InChI is InChI=1S/C20H27FN6O3/c1-14-22-19(27(29)30)13-26(14)10-8-20(28)25(2)9-4-7-17-12-18(24-23-17)15-5-3-6-16(21)11-15/h3,5-6,11,13,17-18,23-24H,4,7-10,12H2,1-2H3. The number of hydrogen-bond acceptors (Lipinski definition) is 6. The molecule has 0 spiro atoms. The molecule has 162 valence electrons. The van der Waals surface area contributed by atoms with E-state index in [4.69, 9.17) is 0 Å². The Labute approximate surface area is 174 Å². The van der Waals surface area contributed by atoms with Crippen molar-refractivity contribution in [3.05, 3.63) is 57.8 Å². The van der Waals surface area contributed by atoms with E-state index in [1.165, 1.54) is 12.3 Å². The molecule has 0 saturated carbocycles. The Kier molecular flexibility index (Phi) is 7.11. The highest BCUT2D eigenvalue weighted by molar-refractivity contribution is 5.75. The molecule has 1 aliphatic heterocycles. The number of carbonyl (C=O) groups excluding carboxylic acids is 1. The number of rotatable bonds is 9. The number of hydrazine groups is 1. The highest BCUT2D eigenvalue weighted by Gasteiger charge is 2.25. The van der Waals surface area contributed by atoms with Gasteiger partial charge in [0, 0.05) is 45.6 Å². The molecule has 2 heterocycles. The summed E-state index contributed by atoms with van der Waals surface area (Å²) in [6.45, 7) is 2.67. The quantitative estimate of drug-likeness (QED) is 0.479. The molecule has 1 amide bonds. The van der Waals surface area contributed by atoms with Crippen LogP contribution >= 0.6 is 0 Å². The molecule has 9 nitrogen and oxygen atoms in total. The van der Waals surface area contributed by atoms with Gasteiger partial charge in [-0.15, -0.1) is 0 Å². The summed E-state index contributed by atoms with van der Waals surface area (Å²) in [5.74, 6) is 0.0617. The summed E-state index contributed by atoms with van der Waals surface area (Å²) in [5.41, 5.74) is 7.39. The molecule has 0 bridgehead atoms. The van der Waals surface area contributed by atoms with E-state index < -0.39 is 4.92 Å². The van der Waals surface area contributed by atoms with Gasteiger partial charge < -0.3 is 19.6 Å². The van der Waals surface area contributed by atoms with Crippen molar-refractivity contribution in [2.75, 3.05) is 13.6 Å². The molecule has 30 heavy (non-hydrogen) atoms. The van der Waals surface area contributed by atoms with E-state index in [1.54, 1.807) is 35.6 Å². The second kappa shape index (κ2) is 9.77. The summed E-state index contributed by atoms with van der Waals surface area (Å²) in [4.78, 5) is 28.2. The summed E-state index contributed by atoms with van der Waals surface area (Å²) in [7, 11) is 1.77. The first-order valence-corrected chi connectivity index (χ1v) is 10.0. The third-order valence-electron chi connectivity index (χ3n) is 5.42. The minimum absolute atomic E-state index is 0.0131. The first-order valence-electron chi connectivity index (χ1n) is 10.0. The number of amides is 1. The van der Waals surface area contributed by atoms with Gasteiger partial charge in [-0.1, -0.05) is 12.1 Å². The minimum Gasteiger partial charge on any atom is -0.358 e. The second-order valence-electron chi connectivity index (χ2n) is 7.63. The molecule has 2 unspecified atom stereocenters. The van der Waals surface area contributed by atoms with Crippen LogP contribution in [-0.4, -0.2) is 44.9 Å². The van der Waals surface area contributed by atoms with Crippen LogP contribution in [0.2, 0.25) is 0 Å². The van der Waals surface area contributed by atoms with Gasteiger partial charge in [0.25, 0.3) is 0 Å². The van der Waals surface area contributed by atoms with E-state index in [9.17, 15) is 19.3 Å². The van der Waals surface area contributed by atoms with E-state index in [1.807, 2.05) is 6.07 Å². The summed E-state index contributed by atoms with van der Waals surface area (Å²) in [6.07, 6.45) is 4.21. The Hall–Kier alpha value is -2.85. The summed E-state index contributed by atoms with van der Waals surface area (Å²) in [5, 5.41) is 10.8. The number of imidazole rings is 1. The number of nitro groups is 1. The van der Waals surface area contributed by atoms with Gasteiger partial charge in [-0.25, -0.2) is 4.39 Å². The third kappa shape index (κ3) is 5.61. The van der Waals surface area contributed by atoms with Gasteiger partial charge >= 0.3 is 5.82 Å². The lowest BCUT2D eigenvalue weighted by atomic mass is 9.99. The van der Waals surface area contributed by atoms with Crippen LogP contribution in [0.5, 0.6) is 0 Å². The van der Waals surface area contributed by atoms with Crippen LogP contribution < -0.4 is 10.9 Å². The number of nitrogens with one attached hydrogen (secondary N) is 2. The Bertz CT molecular complexity index is 902. The van der Waals surface area contributed by atoms with Crippen LogP contribution in [0, 0.1) is 22.9 Å². The molecule has 1 fully saturated rings. The average Bonchev–Trinajstić information content (AvgIpc) is 3.33. The van der Waals surface area contributed by atoms with Gasteiger partial charge in [0.1, 0.15) is 12.0 Å². The zero-order valence-corrected chi connectivity index (χ0v) is 17.2. The highest BCUT2D eigenvalue weighted by Crippen LogP contribution is 2.24. The topological polar surface area (TPSA) is 105 Å². The van der Waals surface area contributed by atoms with Crippen molar-refractivity contribution in [3.63, 3.8) is 0 Å². The van der Waals surface area contributed by atoms with E-state index in [2.05, 4.69) is 15.8 Å². The first-order chi connectivity index (χ1) is 14.3. The van der Waals surface area contributed by atoms with Crippen molar-refractivity contribution < 1.29 is 14.1 Å². The van der Waals surface area contributed by atoms with E-state index in [0.717, 1.165) is 24.8 Å². The van der Waals surface area contributed by atoms with E-state index in [-0.39, 0.29) is 36.0 Å². The zero-order valence-electron chi connectivity index (χ0n) is 17.2. The van der Waals surface area contributed by atoms with Gasteiger partial charge in [-0.05, 0) is 46.9 Å². The summed E-state index contributed by atoms with van der Waals surface area (Å²) < 4.78 is 15.0. The van der Waals surface area contributed by atoms with Crippen LogP contribution in [0.4, 0.5) is 10.2 Å². The predicted molar refractivity (Wildman–Crippen MR) is 109 cm³/mol. The molecule has 2 aromatic rings. The van der Waals surface area contributed by atoms with Crippen molar-refractivity contribution >= 4 is 11.7 Å². The van der Waals surface area contributed by atoms with Crippen molar-refractivity contribution in [2.24, 2.45) is 0 Å². The fourth-order valence-electron chi connectivity index (χ4n) is 3.67. The Morgan fingerprint density at radius 1 is 1.43 bits per heavy atom. The largest absolute Gasteiger partial charge is 0.381 e. The number of benzene rings is 1. The third-order valence-corrected chi connectivity index (χ3v) is 5.42. The molecule has 10 heteroatoms. The van der Waals surface area contributed by atoms with Crippen molar-refractivity contribution in [1.82, 2.24) is 25.3 Å². The fourth-order valence-corrected chi connectivity index (χ4v) is 3.67. The molecule has 1 aliphatic rings. The maximum absolute atomic E-state index is 13.4. The molecule has 0 radical (unpaired) electrons. The molecule has 1 saturated heterocycles. The lowest BCUT2D eigenvalue weighted by molar-refractivity contribution is -0.389. The van der Waals surface area contributed by atoms with Crippen molar-refractivity contribution in [2.45, 2.75) is 51.2 Å². The van der Waals surface area contributed by atoms with Gasteiger partial charge in [-0.2, -0.15) is 0 Å². The maximum atomic E-state index is 13.4. The number of aromatic nitrogens is 2. The number of carbonyl (C=O) groups is 1. The smallest absolute Gasteiger partial charge is 0.358 e. The molecule has 1 aromatic carbocycles. The minimum atomic E-state index is -0.539. The first kappa shape index (κ1) is 21.8. The average molecular weight is 418 g/mol. The summed E-state index contributed by atoms with van der Waals surface area (Å²) in [6, 6.07) is 6.94. The van der Waals surface area contributed by atoms with Gasteiger partial charge in [0.05, 0.1) is 0 Å². The number of aryl methyl sites for hydroxylation is 2. The lowest BCUT2D eigenvalue weighted by Gasteiger charge is -2.18. The van der Waals surface area contributed by atoms with Crippen LogP contribution in [0.15, 0.2) is 30.5 Å². The molecular formula is C20H27FN6O3. The molecule has 2 atom stereocenters. The Balaban J connectivity index is 1.38. The maximum Gasteiger partial charge on any atom is 0.381 e. The van der Waals surface area contributed by atoms with Crippen LogP contribution in [0.3, 0.4) is 0 Å². The molecule has 1 aromatic heterocycles. The number of nitrogens with zero attached hydrogens (tertiary/aromatic N) is 4. The van der Waals surface area contributed by atoms with E-state index in [0.29, 0.717) is 18.9 Å². The second-order valence-corrected chi connectivity index (χ2v) is 7.63. The van der Waals surface area contributed by atoms with E-state index >= 15 is 0 Å². The van der Waals surface area contributed by atoms with Gasteiger partial charge in [0.2, 0.25) is 11.7 Å². The molecular weight excluding hydrogens is 391 g/mol. The molecule has 2 N–H and O–H groups in total. The Morgan fingerprint density at radius 2 is 2.23 bits per heavy atom. The van der Waals surface area contributed by atoms with Crippen LogP contribution in [-0.2, 0) is 11.3 Å². The van der Waals surface area contributed by atoms with Crippen molar-refractivity contribution in [1.29, 1.82) is 0 Å². The predicted octanol–water partition coefficient (Wildman–Crippen LogP) is 2.48. The van der Waals surface area contributed by atoms with Gasteiger partial charge in [0.15, 0.2) is 0 Å². The monoisotopic (exact) mass is 418 g/mol. The lowest BCUT2D eigenvalue weighted by Crippen LogP contribution is -2.32. The van der Waals surface area contributed by atoms with Crippen molar-refractivity contribution in [3.8, 4) is 0 Å². The number of halogens is 1. The highest BCUT2D eigenvalue weighted by atomic mass is 19.1. The SMILES string of the molecule is Cc1nc([N+](=O)[O-])cn1CCC(=O)N(C)CCCC1CC(c2cccc(F)c2)NN1. The number of hydrogen-bond donors (Lipinski definition) is 2. The zero-order chi connectivity index (χ0) is 21.7. The normalized spacial score (nSPS) is 18.5. The van der Waals surface area contributed by atoms with Crippen LogP contribution in [0.25, 0.3) is 0 Å². The van der Waals surface area contributed by atoms with Crippen LogP contribution in [0.1, 0.15) is 43.1 Å². The molecule has 3 rings (SSSR count).